The van der Waals surface area contributed by atoms with E-state index >= 15 is 0 Å². The molecule has 38 heavy (non-hydrogen) atoms. The Bertz CT molecular complexity index is 1360. The third-order valence-electron chi connectivity index (χ3n) is 6.69. The molecule has 1 fully saturated rings. The van der Waals surface area contributed by atoms with Crippen molar-refractivity contribution in [3.8, 4) is 17.2 Å². The lowest BCUT2D eigenvalue weighted by Crippen LogP contribution is -2.32. The number of rotatable bonds is 9. The summed E-state index contributed by atoms with van der Waals surface area (Å²) < 4.78 is 11.4. The molecule has 198 valence electrons. The Morgan fingerprint density at radius 1 is 0.947 bits per heavy atom. The number of hydrogen-bond acceptors (Lipinski definition) is 6. The van der Waals surface area contributed by atoms with E-state index in [4.69, 9.17) is 9.47 Å². The summed E-state index contributed by atoms with van der Waals surface area (Å²) in [5.41, 5.74) is 2.81. The van der Waals surface area contributed by atoms with Crippen LogP contribution in [0.3, 0.4) is 0 Å². The van der Waals surface area contributed by atoms with Gasteiger partial charge in [0, 0.05) is 12.1 Å². The summed E-state index contributed by atoms with van der Waals surface area (Å²) in [6, 6.07) is 19.6. The number of benzene rings is 3. The zero-order valence-corrected chi connectivity index (χ0v) is 22.5. The van der Waals surface area contributed by atoms with Gasteiger partial charge in [0.05, 0.1) is 18.7 Å². The van der Waals surface area contributed by atoms with Gasteiger partial charge in [0.25, 0.3) is 11.7 Å². The number of nitrogens with zero attached hydrogens (tertiary/aromatic N) is 2. The summed E-state index contributed by atoms with van der Waals surface area (Å²) in [5, 5.41) is 11.5. The van der Waals surface area contributed by atoms with Crippen LogP contribution in [0.1, 0.15) is 34.7 Å². The molecule has 0 bridgehead atoms. The molecule has 1 aliphatic rings. The van der Waals surface area contributed by atoms with Crippen molar-refractivity contribution in [2.45, 2.75) is 26.3 Å². The van der Waals surface area contributed by atoms with Gasteiger partial charge in [0.15, 0.2) is 0 Å². The van der Waals surface area contributed by atoms with Crippen molar-refractivity contribution in [2.24, 2.45) is 0 Å². The molecule has 1 unspecified atom stereocenters. The Hall–Kier alpha value is -4.10. The zero-order valence-electron chi connectivity index (χ0n) is 22.5. The maximum atomic E-state index is 13.4. The minimum absolute atomic E-state index is 0.0735. The normalized spacial score (nSPS) is 16.8. The number of aliphatic hydroxyl groups is 1. The average molecular weight is 515 g/mol. The van der Waals surface area contributed by atoms with Crippen LogP contribution >= 0.6 is 0 Å². The van der Waals surface area contributed by atoms with Crippen LogP contribution < -0.4 is 9.47 Å². The average Bonchev–Trinajstić information content (AvgIpc) is 3.15. The standard InChI is InChI=1S/C31H34N2O5/c1-20-18-26(37-5)21(2)17-25(20)29(34)27-28(33(31(36)30(27)35)16-10-15-32(3)4)22-11-9-14-24(19-22)38-23-12-7-6-8-13-23/h6-9,11-14,17-19,28,34H,10,15-16H2,1-5H3/b29-27+. The summed E-state index contributed by atoms with van der Waals surface area (Å²) in [6.45, 7) is 4.84. The van der Waals surface area contributed by atoms with Crippen molar-refractivity contribution in [3.05, 3.63) is 94.6 Å². The van der Waals surface area contributed by atoms with Crippen molar-refractivity contribution in [3.63, 3.8) is 0 Å². The maximum Gasteiger partial charge on any atom is 0.295 e. The molecular formula is C31H34N2O5. The van der Waals surface area contributed by atoms with Crippen LogP contribution in [0.2, 0.25) is 0 Å². The first kappa shape index (κ1) is 26.9. The van der Waals surface area contributed by atoms with E-state index in [1.165, 1.54) is 0 Å². The predicted octanol–water partition coefficient (Wildman–Crippen LogP) is 5.48. The Kier molecular flexibility index (Phi) is 8.17. The van der Waals surface area contributed by atoms with Crippen LogP contribution in [0.4, 0.5) is 0 Å². The van der Waals surface area contributed by atoms with Gasteiger partial charge >= 0.3 is 0 Å². The molecule has 7 nitrogen and oxygen atoms in total. The summed E-state index contributed by atoms with van der Waals surface area (Å²) in [4.78, 5) is 30.3. The Balaban J connectivity index is 1.82. The number of aryl methyl sites for hydroxylation is 2. The molecule has 0 radical (unpaired) electrons. The lowest BCUT2D eigenvalue weighted by molar-refractivity contribution is -0.139. The summed E-state index contributed by atoms with van der Waals surface area (Å²) in [6.07, 6.45) is 0.678. The number of ketones is 1. The monoisotopic (exact) mass is 514 g/mol. The third-order valence-corrected chi connectivity index (χ3v) is 6.69. The molecule has 1 atom stereocenters. The number of amides is 1. The van der Waals surface area contributed by atoms with Gasteiger partial charge in [0.1, 0.15) is 23.0 Å². The minimum atomic E-state index is -0.752. The first-order chi connectivity index (χ1) is 18.2. The van der Waals surface area contributed by atoms with Crippen molar-refractivity contribution >= 4 is 17.4 Å². The number of aliphatic hydroxyl groups excluding tert-OH is 1. The van der Waals surface area contributed by atoms with Crippen molar-refractivity contribution < 1.29 is 24.2 Å². The van der Waals surface area contributed by atoms with Gasteiger partial charge in [-0.2, -0.15) is 0 Å². The van der Waals surface area contributed by atoms with E-state index in [1.807, 2.05) is 93.5 Å². The highest BCUT2D eigenvalue weighted by Crippen LogP contribution is 2.41. The molecule has 0 aromatic heterocycles. The van der Waals surface area contributed by atoms with Crippen molar-refractivity contribution in [2.75, 3.05) is 34.3 Å². The van der Waals surface area contributed by atoms with E-state index in [0.717, 1.165) is 17.7 Å². The van der Waals surface area contributed by atoms with Gasteiger partial charge in [0.2, 0.25) is 0 Å². The molecule has 7 heteroatoms. The van der Waals surface area contributed by atoms with Gasteiger partial charge in [-0.1, -0.05) is 30.3 Å². The molecule has 4 rings (SSSR count). The number of Topliss-reactive ketones (excluding diaryl/α,β-unsaturated/α-hetero) is 1. The van der Waals surface area contributed by atoms with Gasteiger partial charge in [-0.3, -0.25) is 9.59 Å². The van der Waals surface area contributed by atoms with E-state index in [9.17, 15) is 14.7 Å². The zero-order chi connectivity index (χ0) is 27.4. The number of methoxy groups -OCH3 is 1. The van der Waals surface area contributed by atoms with Crippen LogP contribution in [-0.4, -0.2) is 60.9 Å². The lowest BCUT2D eigenvalue weighted by Gasteiger charge is -2.26. The maximum absolute atomic E-state index is 13.4. The molecule has 1 saturated heterocycles. The van der Waals surface area contributed by atoms with Crippen LogP contribution in [0.25, 0.3) is 5.76 Å². The molecule has 1 heterocycles. The molecular weight excluding hydrogens is 480 g/mol. The number of ether oxygens (including phenoxy) is 2. The predicted molar refractivity (Wildman–Crippen MR) is 148 cm³/mol. The van der Waals surface area contributed by atoms with Gasteiger partial charge in [-0.05, 0) is 94.0 Å². The number of carbonyl (C=O) groups excluding carboxylic acids is 2. The van der Waals surface area contributed by atoms with E-state index in [-0.39, 0.29) is 11.3 Å². The Labute approximate surface area is 223 Å². The van der Waals surface area contributed by atoms with Gasteiger partial charge in [-0.15, -0.1) is 0 Å². The largest absolute Gasteiger partial charge is 0.507 e. The first-order valence-corrected chi connectivity index (χ1v) is 12.6. The fraction of sp³-hybridized carbons (Fsp3) is 0.290. The van der Waals surface area contributed by atoms with Crippen molar-refractivity contribution in [1.82, 2.24) is 9.80 Å². The summed E-state index contributed by atoms with van der Waals surface area (Å²) in [5.74, 6) is 0.428. The van der Waals surface area contributed by atoms with E-state index in [1.54, 1.807) is 18.1 Å². The molecule has 1 aliphatic heterocycles. The summed E-state index contributed by atoms with van der Waals surface area (Å²) >= 11 is 0. The number of likely N-dealkylation sites (tertiary alicyclic amines) is 1. The highest BCUT2D eigenvalue weighted by atomic mass is 16.5. The molecule has 0 spiro atoms. The van der Waals surface area contributed by atoms with Crippen LogP contribution in [0.5, 0.6) is 17.2 Å². The molecule has 1 amide bonds. The third kappa shape index (κ3) is 5.58. The van der Waals surface area contributed by atoms with Crippen LogP contribution in [0.15, 0.2) is 72.3 Å². The van der Waals surface area contributed by atoms with E-state index in [0.29, 0.717) is 41.3 Å². The number of para-hydroxylation sites is 1. The van der Waals surface area contributed by atoms with Gasteiger partial charge < -0.3 is 24.4 Å². The molecule has 0 aliphatic carbocycles. The Morgan fingerprint density at radius 3 is 2.34 bits per heavy atom. The molecule has 3 aromatic rings. The molecule has 3 aromatic carbocycles. The second kappa shape index (κ2) is 11.5. The van der Waals surface area contributed by atoms with E-state index in [2.05, 4.69) is 0 Å². The fourth-order valence-corrected chi connectivity index (χ4v) is 4.80. The first-order valence-electron chi connectivity index (χ1n) is 12.6. The topological polar surface area (TPSA) is 79.3 Å². The number of hydrogen-bond donors (Lipinski definition) is 1. The smallest absolute Gasteiger partial charge is 0.295 e. The van der Waals surface area contributed by atoms with Crippen LogP contribution in [0, 0.1) is 13.8 Å². The highest BCUT2D eigenvalue weighted by Gasteiger charge is 2.46. The second-order valence-electron chi connectivity index (χ2n) is 9.77. The highest BCUT2D eigenvalue weighted by molar-refractivity contribution is 6.46. The fourth-order valence-electron chi connectivity index (χ4n) is 4.80. The summed E-state index contributed by atoms with van der Waals surface area (Å²) in [7, 11) is 5.51. The number of carbonyl (C=O) groups is 2. The van der Waals surface area contributed by atoms with Crippen LogP contribution in [-0.2, 0) is 9.59 Å². The minimum Gasteiger partial charge on any atom is -0.507 e. The molecule has 1 N–H and O–H groups in total. The quantitative estimate of drug-likeness (QED) is 0.232. The lowest BCUT2D eigenvalue weighted by atomic mass is 9.93. The van der Waals surface area contributed by atoms with Crippen molar-refractivity contribution in [1.29, 1.82) is 0 Å². The SMILES string of the molecule is COc1cc(C)c(/C(O)=C2\C(=O)C(=O)N(CCCN(C)C)C2c2cccc(Oc3ccccc3)c2)cc1C. The van der Waals surface area contributed by atoms with E-state index < -0.39 is 17.7 Å². The second-order valence-corrected chi connectivity index (χ2v) is 9.77. The van der Waals surface area contributed by atoms with Gasteiger partial charge in [-0.25, -0.2) is 0 Å². The molecule has 0 saturated carbocycles. The Morgan fingerprint density at radius 2 is 1.66 bits per heavy atom.